The molecule has 0 aliphatic carbocycles. The molecule has 3 aromatic rings. The van der Waals surface area contributed by atoms with Gasteiger partial charge in [-0.05, 0) is 92.2 Å². The molecule has 1 N–H and O–H groups in total. The Hall–Kier alpha value is -2.89. The van der Waals surface area contributed by atoms with E-state index < -0.39 is 6.10 Å². The van der Waals surface area contributed by atoms with Gasteiger partial charge in [-0.25, -0.2) is 4.98 Å². The Balaban J connectivity index is 1.96. The van der Waals surface area contributed by atoms with Crippen LogP contribution in [0, 0.1) is 0 Å². The Morgan fingerprint density at radius 1 is 0.765 bits per heavy atom. The van der Waals surface area contributed by atoms with E-state index in [-0.39, 0.29) is 0 Å². The van der Waals surface area contributed by atoms with Crippen LogP contribution in [-0.2, 0) is 0 Å². The monoisotopic (exact) mass is 462 g/mol. The van der Waals surface area contributed by atoms with Crippen LogP contribution in [0.5, 0.6) is 11.5 Å². The first kappa shape index (κ1) is 25.7. The maximum Gasteiger partial charge on any atom is 0.118 e. The zero-order valence-electron chi connectivity index (χ0n) is 21.0. The number of hydrogen-bond donors (Lipinski definition) is 1. The Labute approximate surface area is 204 Å². The quantitative estimate of drug-likeness (QED) is 0.320. The fourth-order valence-corrected chi connectivity index (χ4v) is 3.97. The maximum absolute atomic E-state index is 11.3. The number of aliphatic hydroxyl groups excluding tert-OH is 1. The lowest BCUT2D eigenvalue weighted by molar-refractivity contribution is 0.111. The van der Waals surface area contributed by atoms with Crippen molar-refractivity contribution in [2.24, 2.45) is 0 Å². The average Bonchev–Trinajstić information content (AvgIpc) is 2.89. The fraction of sp³-hybridized carbons (Fsp3) is 0.414. The van der Waals surface area contributed by atoms with Crippen LogP contribution in [0.1, 0.15) is 51.2 Å². The molecule has 0 spiro atoms. The van der Waals surface area contributed by atoms with Crippen LogP contribution in [0.2, 0.25) is 0 Å². The molecule has 0 saturated heterocycles. The summed E-state index contributed by atoms with van der Waals surface area (Å²) in [4.78, 5) is 7.33. The van der Waals surface area contributed by atoms with E-state index in [1.165, 1.54) is 0 Å². The molecule has 3 rings (SSSR count). The smallest absolute Gasteiger partial charge is 0.118 e. The molecule has 0 fully saturated rings. The topological polar surface area (TPSA) is 54.8 Å². The molecule has 34 heavy (non-hydrogen) atoms. The molecule has 1 heterocycles. The zero-order valence-corrected chi connectivity index (χ0v) is 21.0. The Morgan fingerprint density at radius 2 is 1.21 bits per heavy atom. The van der Waals surface area contributed by atoms with Crippen molar-refractivity contribution < 1.29 is 14.6 Å². The highest BCUT2D eigenvalue weighted by Gasteiger charge is 2.17. The first-order valence-electron chi connectivity index (χ1n) is 12.3. The fourth-order valence-electron chi connectivity index (χ4n) is 3.97. The van der Waals surface area contributed by atoms with Crippen LogP contribution in [0.3, 0.4) is 0 Å². The minimum atomic E-state index is -0.592. The van der Waals surface area contributed by atoms with Crippen molar-refractivity contribution >= 4 is 0 Å². The standard InChI is InChI=1S/C29H38N2O3/c1-5-7-17-31(18-8-6-2)21-29(32)24-19-27(22-9-13-25(33-3)14-10-22)30-28(20-24)23-11-15-26(34-4)16-12-23/h9-16,19-20,29,32H,5-8,17-18,21H2,1-4H3. The van der Waals surface area contributed by atoms with E-state index >= 15 is 0 Å². The zero-order chi connectivity index (χ0) is 24.3. The predicted octanol–water partition coefficient (Wildman–Crippen LogP) is 6.37. The minimum Gasteiger partial charge on any atom is -0.497 e. The van der Waals surface area contributed by atoms with Crippen molar-refractivity contribution in [2.75, 3.05) is 33.9 Å². The SMILES string of the molecule is CCCCN(CCCC)CC(O)c1cc(-c2ccc(OC)cc2)nc(-c2ccc(OC)cc2)c1. The van der Waals surface area contributed by atoms with Crippen molar-refractivity contribution in [3.05, 3.63) is 66.2 Å². The summed E-state index contributed by atoms with van der Waals surface area (Å²) >= 11 is 0. The summed E-state index contributed by atoms with van der Waals surface area (Å²) < 4.78 is 10.6. The first-order chi connectivity index (χ1) is 16.6. The number of aromatic nitrogens is 1. The van der Waals surface area contributed by atoms with E-state index in [4.69, 9.17) is 14.5 Å². The number of ether oxygens (including phenoxy) is 2. The summed E-state index contributed by atoms with van der Waals surface area (Å²) in [6.45, 7) is 7.05. The number of rotatable bonds is 13. The van der Waals surface area contributed by atoms with Crippen LogP contribution in [-0.4, -0.2) is 48.8 Å². The van der Waals surface area contributed by atoms with Crippen molar-refractivity contribution in [1.29, 1.82) is 0 Å². The highest BCUT2D eigenvalue weighted by atomic mass is 16.5. The summed E-state index contributed by atoms with van der Waals surface area (Å²) in [6.07, 6.45) is 3.99. The number of methoxy groups -OCH3 is 2. The van der Waals surface area contributed by atoms with E-state index in [1.807, 2.05) is 60.7 Å². The molecule has 0 amide bonds. The third kappa shape index (κ3) is 7.05. The van der Waals surface area contributed by atoms with Crippen LogP contribution < -0.4 is 9.47 Å². The predicted molar refractivity (Wildman–Crippen MR) is 139 cm³/mol. The number of benzene rings is 2. The second-order valence-electron chi connectivity index (χ2n) is 8.65. The molecule has 5 heteroatoms. The van der Waals surface area contributed by atoms with Crippen molar-refractivity contribution in [1.82, 2.24) is 9.88 Å². The Bertz CT molecular complexity index is 929. The van der Waals surface area contributed by atoms with Gasteiger partial charge >= 0.3 is 0 Å². The third-order valence-electron chi connectivity index (χ3n) is 6.09. The first-order valence-corrected chi connectivity index (χ1v) is 12.3. The van der Waals surface area contributed by atoms with E-state index in [0.717, 1.165) is 78.4 Å². The number of nitrogens with zero attached hydrogens (tertiary/aromatic N) is 2. The third-order valence-corrected chi connectivity index (χ3v) is 6.09. The molecule has 182 valence electrons. The molecule has 0 aliphatic rings. The Morgan fingerprint density at radius 3 is 1.59 bits per heavy atom. The summed E-state index contributed by atoms with van der Waals surface area (Å²) in [5.74, 6) is 1.61. The van der Waals surface area contributed by atoms with Gasteiger partial charge in [0.2, 0.25) is 0 Å². The molecule has 5 nitrogen and oxygen atoms in total. The van der Waals surface area contributed by atoms with Gasteiger partial charge in [-0.2, -0.15) is 0 Å². The normalized spacial score (nSPS) is 12.1. The van der Waals surface area contributed by atoms with Crippen molar-refractivity contribution in [3.8, 4) is 34.0 Å². The highest BCUT2D eigenvalue weighted by Crippen LogP contribution is 2.30. The van der Waals surface area contributed by atoms with Gasteiger partial charge in [0.05, 0.1) is 31.7 Å². The number of aliphatic hydroxyl groups is 1. The molecule has 1 aromatic heterocycles. The lowest BCUT2D eigenvalue weighted by Crippen LogP contribution is -2.30. The van der Waals surface area contributed by atoms with Crippen molar-refractivity contribution in [2.45, 2.75) is 45.6 Å². The minimum absolute atomic E-state index is 0.592. The molecule has 0 saturated carbocycles. The molecule has 0 aliphatic heterocycles. The van der Waals surface area contributed by atoms with Crippen molar-refractivity contribution in [3.63, 3.8) is 0 Å². The molecular formula is C29H38N2O3. The van der Waals surface area contributed by atoms with Gasteiger partial charge in [0, 0.05) is 17.7 Å². The van der Waals surface area contributed by atoms with E-state index in [2.05, 4.69) is 18.7 Å². The van der Waals surface area contributed by atoms with E-state index in [9.17, 15) is 5.11 Å². The van der Waals surface area contributed by atoms with Crippen LogP contribution >= 0.6 is 0 Å². The van der Waals surface area contributed by atoms with Gasteiger partial charge in [0.15, 0.2) is 0 Å². The Kier molecular flexibility index (Phi) is 9.92. The number of unbranched alkanes of at least 4 members (excludes halogenated alkanes) is 2. The van der Waals surface area contributed by atoms with Crippen LogP contribution in [0.15, 0.2) is 60.7 Å². The molecule has 1 atom stereocenters. The molecule has 1 unspecified atom stereocenters. The average molecular weight is 463 g/mol. The summed E-state index contributed by atoms with van der Waals surface area (Å²) in [5.41, 5.74) is 4.51. The highest BCUT2D eigenvalue weighted by molar-refractivity contribution is 5.68. The molecule has 2 aromatic carbocycles. The number of hydrogen-bond acceptors (Lipinski definition) is 5. The largest absolute Gasteiger partial charge is 0.497 e. The summed E-state index contributed by atoms with van der Waals surface area (Å²) in [6, 6.07) is 19.8. The van der Waals surface area contributed by atoms with E-state index in [0.29, 0.717) is 6.54 Å². The second kappa shape index (κ2) is 13.1. The summed E-state index contributed by atoms with van der Waals surface area (Å²) in [7, 11) is 3.32. The van der Waals surface area contributed by atoms with Gasteiger partial charge in [-0.1, -0.05) is 26.7 Å². The van der Waals surface area contributed by atoms with Crippen LogP contribution in [0.4, 0.5) is 0 Å². The molecule has 0 radical (unpaired) electrons. The van der Waals surface area contributed by atoms with Gasteiger partial charge in [-0.15, -0.1) is 0 Å². The van der Waals surface area contributed by atoms with Gasteiger partial charge in [-0.3, -0.25) is 0 Å². The lowest BCUT2D eigenvalue weighted by Gasteiger charge is -2.25. The van der Waals surface area contributed by atoms with Gasteiger partial charge in [0.25, 0.3) is 0 Å². The molecular weight excluding hydrogens is 424 g/mol. The maximum atomic E-state index is 11.3. The van der Waals surface area contributed by atoms with Crippen LogP contribution in [0.25, 0.3) is 22.5 Å². The number of pyridine rings is 1. The van der Waals surface area contributed by atoms with Gasteiger partial charge < -0.3 is 19.5 Å². The van der Waals surface area contributed by atoms with E-state index in [1.54, 1.807) is 14.2 Å². The lowest BCUT2D eigenvalue weighted by atomic mass is 10.0. The summed E-state index contributed by atoms with van der Waals surface area (Å²) in [5, 5.41) is 11.3. The second-order valence-corrected chi connectivity index (χ2v) is 8.65. The van der Waals surface area contributed by atoms with Gasteiger partial charge in [0.1, 0.15) is 11.5 Å². The molecule has 0 bridgehead atoms.